The molecule has 0 aliphatic rings. The number of hydrogen-bond acceptors (Lipinski definition) is 4. The lowest BCUT2D eigenvalue weighted by Gasteiger charge is -2.07. The first-order valence-electron chi connectivity index (χ1n) is 7.57. The van der Waals surface area contributed by atoms with E-state index in [1.807, 2.05) is 42.6 Å². The molecule has 6 nitrogen and oxygen atoms in total. The normalized spacial score (nSPS) is 11.5. The van der Waals surface area contributed by atoms with E-state index in [-0.39, 0.29) is 5.75 Å². The van der Waals surface area contributed by atoms with Gasteiger partial charge in [0.1, 0.15) is 0 Å². The van der Waals surface area contributed by atoms with Crippen molar-refractivity contribution < 1.29 is 8.42 Å². The molecule has 0 saturated carbocycles. The highest BCUT2D eigenvalue weighted by Crippen LogP contribution is 2.14. The van der Waals surface area contributed by atoms with E-state index in [9.17, 15) is 8.42 Å². The summed E-state index contributed by atoms with van der Waals surface area (Å²) in [6.45, 7) is 0.770. The van der Waals surface area contributed by atoms with Gasteiger partial charge in [-0.15, -0.1) is 0 Å². The largest absolute Gasteiger partial charge is 0.271 e. The van der Waals surface area contributed by atoms with E-state index in [2.05, 4.69) is 14.8 Å². The van der Waals surface area contributed by atoms with Crippen LogP contribution < -0.4 is 4.72 Å². The first-order valence-corrected chi connectivity index (χ1v) is 9.23. The van der Waals surface area contributed by atoms with Gasteiger partial charge in [0.25, 0.3) is 0 Å². The molecule has 0 fully saturated rings. The first kappa shape index (κ1) is 16.4. The van der Waals surface area contributed by atoms with Crippen molar-refractivity contribution in [1.29, 1.82) is 0 Å². The van der Waals surface area contributed by atoms with Gasteiger partial charge in [-0.3, -0.25) is 9.67 Å². The van der Waals surface area contributed by atoms with Crippen LogP contribution in [0.25, 0.3) is 11.3 Å². The van der Waals surface area contributed by atoms with E-state index >= 15 is 0 Å². The third-order valence-corrected chi connectivity index (χ3v) is 4.84. The molecular formula is C17H18N4O2S. The van der Waals surface area contributed by atoms with Crippen LogP contribution in [0.2, 0.25) is 0 Å². The van der Waals surface area contributed by atoms with E-state index in [0.29, 0.717) is 13.1 Å². The zero-order valence-electron chi connectivity index (χ0n) is 13.0. The van der Waals surface area contributed by atoms with Gasteiger partial charge in [0.2, 0.25) is 10.0 Å². The maximum atomic E-state index is 12.1. The maximum Gasteiger partial charge on any atom is 0.215 e. The fourth-order valence-electron chi connectivity index (χ4n) is 2.32. The summed E-state index contributed by atoms with van der Waals surface area (Å²) in [5, 5.41) is 4.44. The Labute approximate surface area is 141 Å². The Hall–Kier alpha value is -2.51. The standard InChI is InChI=1S/C17H18N4O2S/c22-24(23,14-15-4-2-1-3-5-15)19-11-13-21-12-8-17(20-21)16-6-9-18-10-7-16/h1-10,12,19H,11,13-14H2. The number of rotatable bonds is 7. The molecule has 0 spiro atoms. The molecule has 7 heteroatoms. The molecule has 0 amide bonds. The Bertz CT molecular complexity index is 877. The van der Waals surface area contributed by atoms with Crippen molar-refractivity contribution in [3.63, 3.8) is 0 Å². The van der Waals surface area contributed by atoms with Crippen LogP contribution in [0, 0.1) is 0 Å². The van der Waals surface area contributed by atoms with Gasteiger partial charge in [0.15, 0.2) is 0 Å². The summed E-state index contributed by atoms with van der Waals surface area (Å²) in [7, 11) is -3.35. The number of nitrogens with zero attached hydrogens (tertiary/aromatic N) is 3. The number of aromatic nitrogens is 3. The maximum absolute atomic E-state index is 12.1. The van der Waals surface area contributed by atoms with Crippen molar-refractivity contribution in [1.82, 2.24) is 19.5 Å². The fourth-order valence-corrected chi connectivity index (χ4v) is 3.46. The molecule has 1 aromatic carbocycles. The number of sulfonamides is 1. The molecule has 0 bridgehead atoms. The van der Waals surface area contributed by atoms with Crippen molar-refractivity contribution >= 4 is 10.0 Å². The van der Waals surface area contributed by atoms with Gasteiger partial charge in [0, 0.05) is 30.7 Å². The molecule has 0 aliphatic carbocycles. The summed E-state index contributed by atoms with van der Waals surface area (Å²) in [4.78, 5) is 3.98. The second-order valence-corrected chi connectivity index (χ2v) is 7.15. The van der Waals surface area contributed by atoms with E-state index in [0.717, 1.165) is 16.8 Å². The number of benzene rings is 1. The third kappa shape index (κ3) is 4.50. The SMILES string of the molecule is O=S(=O)(Cc1ccccc1)NCCn1ccc(-c2ccncc2)n1. The molecule has 2 heterocycles. The molecule has 3 aromatic rings. The van der Waals surface area contributed by atoms with Gasteiger partial charge in [-0.2, -0.15) is 5.10 Å². The molecule has 24 heavy (non-hydrogen) atoms. The third-order valence-electron chi connectivity index (χ3n) is 3.48. The van der Waals surface area contributed by atoms with Crippen LogP contribution in [-0.2, 0) is 22.3 Å². The minimum absolute atomic E-state index is 0.0186. The van der Waals surface area contributed by atoms with Gasteiger partial charge in [-0.25, -0.2) is 13.1 Å². The van der Waals surface area contributed by atoms with Gasteiger partial charge >= 0.3 is 0 Å². The zero-order valence-corrected chi connectivity index (χ0v) is 13.9. The molecular weight excluding hydrogens is 324 g/mol. The smallest absolute Gasteiger partial charge is 0.215 e. The Morgan fingerprint density at radius 1 is 1.00 bits per heavy atom. The molecule has 3 rings (SSSR count). The lowest BCUT2D eigenvalue weighted by atomic mass is 10.2. The average molecular weight is 342 g/mol. The van der Waals surface area contributed by atoms with Gasteiger partial charge in [0.05, 0.1) is 18.0 Å². The second kappa shape index (κ2) is 7.37. The quantitative estimate of drug-likeness (QED) is 0.713. The van der Waals surface area contributed by atoms with E-state index in [1.54, 1.807) is 29.2 Å². The topological polar surface area (TPSA) is 76.9 Å². The Balaban J connectivity index is 1.54. The monoisotopic (exact) mass is 342 g/mol. The van der Waals surface area contributed by atoms with Gasteiger partial charge in [-0.1, -0.05) is 30.3 Å². The van der Waals surface area contributed by atoms with Crippen LogP contribution in [0.4, 0.5) is 0 Å². The summed E-state index contributed by atoms with van der Waals surface area (Å²) in [5.74, 6) is -0.0186. The van der Waals surface area contributed by atoms with E-state index < -0.39 is 10.0 Å². The van der Waals surface area contributed by atoms with Crippen molar-refractivity contribution in [2.75, 3.05) is 6.54 Å². The summed E-state index contributed by atoms with van der Waals surface area (Å²) in [6.07, 6.45) is 5.26. The van der Waals surface area contributed by atoms with Crippen LogP contribution in [0.15, 0.2) is 67.1 Å². The number of hydrogen-bond donors (Lipinski definition) is 1. The van der Waals surface area contributed by atoms with Crippen molar-refractivity contribution in [2.45, 2.75) is 12.3 Å². The summed E-state index contributed by atoms with van der Waals surface area (Å²) in [6, 6.07) is 14.8. The zero-order chi connectivity index (χ0) is 16.8. The molecule has 2 aromatic heterocycles. The molecule has 0 atom stereocenters. The summed E-state index contributed by atoms with van der Waals surface area (Å²) in [5.41, 5.74) is 2.59. The average Bonchev–Trinajstić information content (AvgIpc) is 3.05. The molecule has 0 unspecified atom stereocenters. The predicted octanol–water partition coefficient (Wildman–Crippen LogP) is 2.06. The van der Waals surface area contributed by atoms with Gasteiger partial charge in [-0.05, 0) is 23.8 Å². The van der Waals surface area contributed by atoms with Crippen molar-refractivity contribution in [3.8, 4) is 11.3 Å². The summed E-state index contributed by atoms with van der Waals surface area (Å²) >= 11 is 0. The Morgan fingerprint density at radius 3 is 2.50 bits per heavy atom. The second-order valence-electron chi connectivity index (χ2n) is 5.34. The lowest BCUT2D eigenvalue weighted by molar-refractivity contribution is 0.560. The highest BCUT2D eigenvalue weighted by Gasteiger charge is 2.11. The highest BCUT2D eigenvalue weighted by atomic mass is 32.2. The number of pyridine rings is 1. The van der Waals surface area contributed by atoms with E-state index in [1.165, 1.54) is 0 Å². The minimum atomic E-state index is -3.35. The lowest BCUT2D eigenvalue weighted by Crippen LogP contribution is -2.28. The van der Waals surface area contributed by atoms with Crippen LogP contribution in [0.1, 0.15) is 5.56 Å². The van der Waals surface area contributed by atoms with Crippen molar-refractivity contribution in [3.05, 3.63) is 72.7 Å². The molecule has 0 radical (unpaired) electrons. The molecule has 0 aliphatic heterocycles. The molecule has 124 valence electrons. The van der Waals surface area contributed by atoms with Gasteiger partial charge < -0.3 is 0 Å². The minimum Gasteiger partial charge on any atom is -0.271 e. The number of nitrogens with one attached hydrogen (secondary N) is 1. The van der Waals surface area contributed by atoms with Crippen LogP contribution in [0.5, 0.6) is 0 Å². The molecule has 1 N–H and O–H groups in total. The predicted molar refractivity (Wildman–Crippen MR) is 92.5 cm³/mol. The summed E-state index contributed by atoms with van der Waals surface area (Å²) < 4.78 is 28.5. The van der Waals surface area contributed by atoms with Crippen molar-refractivity contribution in [2.24, 2.45) is 0 Å². The Morgan fingerprint density at radius 2 is 1.75 bits per heavy atom. The van der Waals surface area contributed by atoms with Crippen LogP contribution >= 0.6 is 0 Å². The fraction of sp³-hybridized carbons (Fsp3) is 0.176. The first-order chi connectivity index (χ1) is 11.6. The van der Waals surface area contributed by atoms with Crippen LogP contribution in [0.3, 0.4) is 0 Å². The highest BCUT2D eigenvalue weighted by molar-refractivity contribution is 7.88. The van der Waals surface area contributed by atoms with E-state index in [4.69, 9.17) is 0 Å². The Kier molecular flexibility index (Phi) is 5.02. The van der Waals surface area contributed by atoms with Crippen LogP contribution in [-0.4, -0.2) is 29.7 Å². The molecule has 0 saturated heterocycles.